The maximum atomic E-state index is 13.3. The van der Waals surface area contributed by atoms with Crippen LogP contribution in [0, 0.1) is 11.3 Å². The molecule has 0 aliphatic carbocycles. The zero-order valence-electron chi connectivity index (χ0n) is 18.5. The number of para-hydroxylation sites is 1. The molecule has 0 saturated heterocycles. The van der Waals surface area contributed by atoms with Gasteiger partial charge in [0, 0.05) is 0 Å². The minimum atomic E-state index is -4.48. The molecule has 0 aliphatic rings. The van der Waals surface area contributed by atoms with E-state index in [1.54, 1.807) is 0 Å². The Morgan fingerprint density at radius 1 is 1.00 bits per heavy atom. The number of aromatic nitrogens is 3. The van der Waals surface area contributed by atoms with Gasteiger partial charge in [0.2, 0.25) is 0 Å². The lowest BCUT2D eigenvalue weighted by molar-refractivity contribution is -0.137. The van der Waals surface area contributed by atoms with Gasteiger partial charge in [-0.3, -0.25) is 0 Å². The van der Waals surface area contributed by atoms with E-state index in [-0.39, 0.29) is 22.6 Å². The van der Waals surface area contributed by atoms with Crippen molar-refractivity contribution >= 4 is 49.9 Å². The van der Waals surface area contributed by atoms with Crippen molar-refractivity contribution in [2.45, 2.75) is 17.9 Å². The summed E-state index contributed by atoms with van der Waals surface area (Å²) in [5, 5.41) is 21.3. The van der Waals surface area contributed by atoms with Crippen LogP contribution in [0.4, 0.5) is 13.2 Å². The van der Waals surface area contributed by atoms with Gasteiger partial charge < -0.3 is 9.67 Å². The highest BCUT2D eigenvalue weighted by molar-refractivity contribution is 7.99. The average molecular weight is 523 g/mol. The summed E-state index contributed by atoms with van der Waals surface area (Å²) in [6.45, 7) is 0.387. The van der Waals surface area contributed by atoms with Gasteiger partial charge in [0.05, 0.1) is 39.1 Å². The van der Waals surface area contributed by atoms with Crippen LogP contribution >= 0.6 is 23.1 Å². The molecule has 10 heteroatoms. The summed E-state index contributed by atoms with van der Waals surface area (Å²) in [7, 11) is 0. The van der Waals surface area contributed by atoms with E-state index in [1.807, 2.05) is 65.2 Å². The molecule has 0 amide bonds. The van der Waals surface area contributed by atoms with Crippen molar-refractivity contribution in [3.63, 3.8) is 0 Å². The van der Waals surface area contributed by atoms with Crippen molar-refractivity contribution in [1.29, 1.82) is 5.26 Å². The van der Waals surface area contributed by atoms with Gasteiger partial charge in [-0.2, -0.15) is 18.4 Å². The predicted molar refractivity (Wildman–Crippen MR) is 136 cm³/mol. The first-order valence-electron chi connectivity index (χ1n) is 10.8. The number of fused-ring (bicyclic) bond motifs is 2. The van der Waals surface area contributed by atoms with Crippen LogP contribution in [0.1, 0.15) is 16.1 Å². The Kier molecular flexibility index (Phi) is 6.43. The predicted octanol–water partition coefficient (Wildman–Crippen LogP) is 7.30. The van der Waals surface area contributed by atoms with Gasteiger partial charge in [-0.15, -0.1) is 11.3 Å². The van der Waals surface area contributed by atoms with Crippen LogP contribution in [0.3, 0.4) is 0 Å². The summed E-state index contributed by atoms with van der Waals surface area (Å²) in [5.41, 5.74) is 1.72. The molecule has 5 aromatic rings. The number of allylic oxidation sites excluding steroid dienone is 1. The Labute approximate surface area is 212 Å². The van der Waals surface area contributed by atoms with Crippen LogP contribution in [0.5, 0.6) is 0 Å². The van der Waals surface area contributed by atoms with Crippen molar-refractivity contribution in [3.8, 4) is 6.07 Å². The Morgan fingerprint density at radius 3 is 2.47 bits per heavy atom. The van der Waals surface area contributed by atoms with Gasteiger partial charge in [-0.05, 0) is 35.9 Å². The molecule has 5 nitrogen and oxygen atoms in total. The third kappa shape index (κ3) is 4.80. The first kappa shape index (κ1) is 23.9. The van der Waals surface area contributed by atoms with Crippen molar-refractivity contribution < 1.29 is 18.3 Å². The number of thioether (sulfide) groups is 1. The number of alkyl halides is 3. The number of halogens is 3. The van der Waals surface area contributed by atoms with Crippen LogP contribution < -0.4 is 0 Å². The van der Waals surface area contributed by atoms with Gasteiger partial charge in [0.15, 0.2) is 5.16 Å². The van der Waals surface area contributed by atoms with Gasteiger partial charge in [0.25, 0.3) is 0 Å². The third-order valence-corrected chi connectivity index (χ3v) is 7.51. The van der Waals surface area contributed by atoms with Crippen molar-refractivity contribution in [2.24, 2.45) is 0 Å². The molecule has 0 bridgehead atoms. The standard InChI is InChI=1S/C26H17F3N4OS2/c27-26(28,29)17-10-11-21-20(12-17)32-25(33(21)14-16-6-2-1-3-7-16)35-15-22(34)18(13-30)24-31-19-8-4-5-9-23(19)36-24/h1-12,34H,14-15H2/b22-18-. The molecule has 0 radical (unpaired) electrons. The number of thiazole rings is 1. The molecule has 0 atom stereocenters. The summed E-state index contributed by atoms with van der Waals surface area (Å²) in [5.74, 6) is -0.167. The molecule has 1 N–H and O–H groups in total. The quantitative estimate of drug-likeness (QED) is 0.144. The smallest absolute Gasteiger partial charge is 0.416 e. The normalized spacial score (nSPS) is 12.6. The minimum absolute atomic E-state index is 0.00303. The number of aliphatic hydroxyl groups excluding tert-OH is 1. The van der Waals surface area contributed by atoms with E-state index in [2.05, 4.69) is 9.97 Å². The number of imidazole rings is 1. The van der Waals surface area contributed by atoms with E-state index >= 15 is 0 Å². The summed E-state index contributed by atoms with van der Waals surface area (Å²) >= 11 is 2.45. The van der Waals surface area contributed by atoms with E-state index in [1.165, 1.54) is 17.4 Å². The van der Waals surface area contributed by atoms with Crippen LogP contribution in [-0.2, 0) is 12.7 Å². The molecule has 5 rings (SSSR count). The topological polar surface area (TPSA) is 74.7 Å². The highest BCUT2D eigenvalue weighted by Crippen LogP contribution is 2.34. The molecule has 2 heterocycles. The maximum absolute atomic E-state index is 13.3. The molecule has 0 aliphatic heterocycles. The molecular weight excluding hydrogens is 505 g/mol. The van der Waals surface area contributed by atoms with E-state index in [0.29, 0.717) is 22.2 Å². The number of nitriles is 1. The van der Waals surface area contributed by atoms with Crippen molar-refractivity contribution in [3.05, 3.63) is 94.7 Å². The Balaban J connectivity index is 1.50. The maximum Gasteiger partial charge on any atom is 0.416 e. The van der Waals surface area contributed by atoms with Crippen LogP contribution in [-0.4, -0.2) is 25.4 Å². The summed E-state index contributed by atoms with van der Waals surface area (Å²) in [4.78, 5) is 8.89. The summed E-state index contributed by atoms with van der Waals surface area (Å²) < 4.78 is 42.5. The number of hydrogen-bond donors (Lipinski definition) is 1. The molecule has 3 aromatic carbocycles. The summed E-state index contributed by atoms with van der Waals surface area (Å²) in [6.07, 6.45) is -4.48. The average Bonchev–Trinajstić information content (AvgIpc) is 3.44. The van der Waals surface area contributed by atoms with Crippen LogP contribution in [0.25, 0.3) is 26.8 Å². The third-order valence-electron chi connectivity index (χ3n) is 5.47. The van der Waals surface area contributed by atoms with Gasteiger partial charge in [-0.25, -0.2) is 9.97 Å². The fraction of sp³-hybridized carbons (Fsp3) is 0.115. The van der Waals surface area contributed by atoms with E-state index in [0.717, 1.165) is 39.7 Å². The van der Waals surface area contributed by atoms with E-state index in [4.69, 9.17) is 0 Å². The minimum Gasteiger partial charge on any atom is -0.510 e. The SMILES string of the molecule is N#C/C(=C(/O)CSc1nc2cc(C(F)(F)F)ccc2n1Cc1ccccc1)c1nc2ccccc2s1. The summed E-state index contributed by atoms with van der Waals surface area (Å²) in [6, 6.07) is 22.4. The molecule has 180 valence electrons. The van der Waals surface area contributed by atoms with Gasteiger partial charge in [-0.1, -0.05) is 54.2 Å². The van der Waals surface area contributed by atoms with Gasteiger partial charge in [0.1, 0.15) is 22.4 Å². The number of benzene rings is 3. The van der Waals surface area contributed by atoms with Gasteiger partial charge >= 0.3 is 6.18 Å². The second kappa shape index (κ2) is 9.68. The molecule has 0 spiro atoms. The molecular formula is C26H17F3N4OS2. The van der Waals surface area contributed by atoms with Crippen LogP contribution in [0.2, 0.25) is 0 Å². The molecule has 2 aromatic heterocycles. The molecule has 36 heavy (non-hydrogen) atoms. The Morgan fingerprint density at radius 2 is 1.75 bits per heavy atom. The second-order valence-electron chi connectivity index (χ2n) is 7.88. The number of nitrogens with zero attached hydrogens (tertiary/aromatic N) is 4. The lowest BCUT2D eigenvalue weighted by Crippen LogP contribution is -2.05. The lowest BCUT2D eigenvalue weighted by Gasteiger charge is -2.10. The second-order valence-corrected chi connectivity index (χ2v) is 9.85. The van der Waals surface area contributed by atoms with Crippen molar-refractivity contribution in [2.75, 3.05) is 5.75 Å². The first-order chi connectivity index (χ1) is 17.3. The molecule has 0 unspecified atom stereocenters. The highest BCUT2D eigenvalue weighted by atomic mass is 32.2. The zero-order chi connectivity index (χ0) is 25.3. The number of rotatable bonds is 6. The zero-order valence-corrected chi connectivity index (χ0v) is 20.2. The molecule has 0 fully saturated rings. The largest absolute Gasteiger partial charge is 0.510 e. The number of hydrogen-bond acceptors (Lipinski definition) is 6. The Bertz CT molecular complexity index is 1600. The van der Waals surface area contributed by atoms with Crippen molar-refractivity contribution in [1.82, 2.24) is 14.5 Å². The monoisotopic (exact) mass is 522 g/mol. The molecule has 0 saturated carbocycles. The number of aliphatic hydroxyl groups is 1. The van der Waals surface area contributed by atoms with E-state index in [9.17, 15) is 23.5 Å². The Hall–Kier alpha value is -3.81. The first-order valence-corrected chi connectivity index (χ1v) is 12.6. The fourth-order valence-electron chi connectivity index (χ4n) is 3.73. The van der Waals surface area contributed by atoms with E-state index < -0.39 is 11.7 Å². The lowest BCUT2D eigenvalue weighted by atomic mass is 10.2. The highest BCUT2D eigenvalue weighted by Gasteiger charge is 2.31. The fourth-order valence-corrected chi connectivity index (χ4v) is 5.61. The van der Waals surface area contributed by atoms with Crippen LogP contribution in [0.15, 0.2) is 83.7 Å².